The number of rotatable bonds is 3. The zero-order valence-electron chi connectivity index (χ0n) is 10.4. The van der Waals surface area contributed by atoms with Gasteiger partial charge in [-0.15, -0.1) is 0 Å². The molecule has 1 unspecified atom stereocenters. The minimum Gasteiger partial charge on any atom is -0.398 e. The van der Waals surface area contributed by atoms with E-state index in [1.165, 1.54) is 0 Å². The van der Waals surface area contributed by atoms with Crippen LogP contribution in [0.25, 0.3) is 0 Å². The van der Waals surface area contributed by atoms with Crippen LogP contribution in [0.2, 0.25) is 0 Å². The summed E-state index contributed by atoms with van der Waals surface area (Å²) >= 11 is 0. The Morgan fingerprint density at radius 3 is 2.72 bits per heavy atom. The maximum absolute atomic E-state index is 11.9. The van der Waals surface area contributed by atoms with Gasteiger partial charge in [0, 0.05) is 18.9 Å². The minimum atomic E-state index is -0.202. The van der Waals surface area contributed by atoms with E-state index in [0.717, 1.165) is 5.56 Å². The highest BCUT2D eigenvalue weighted by Gasteiger charge is 2.14. The predicted molar refractivity (Wildman–Crippen MR) is 69.9 cm³/mol. The largest absolute Gasteiger partial charge is 0.398 e. The van der Waals surface area contributed by atoms with E-state index in [-0.39, 0.29) is 11.9 Å². The van der Waals surface area contributed by atoms with Crippen molar-refractivity contribution in [3.8, 4) is 0 Å². The molecule has 5 heteroatoms. The minimum absolute atomic E-state index is 0.152. The van der Waals surface area contributed by atoms with Crippen LogP contribution >= 0.6 is 0 Å². The van der Waals surface area contributed by atoms with Gasteiger partial charge in [-0.1, -0.05) is 18.2 Å². The molecular formula is C13H16N4O. The zero-order valence-corrected chi connectivity index (χ0v) is 10.4. The fourth-order valence-electron chi connectivity index (χ4n) is 1.79. The molecule has 1 atom stereocenters. The number of amides is 1. The van der Waals surface area contributed by atoms with Crippen LogP contribution in [0.4, 0.5) is 5.69 Å². The number of carbonyl (C=O) groups excluding carboxylic acids is 1. The van der Waals surface area contributed by atoms with Crippen LogP contribution in [-0.4, -0.2) is 15.7 Å². The first kappa shape index (κ1) is 12.2. The van der Waals surface area contributed by atoms with Gasteiger partial charge in [-0.3, -0.25) is 9.48 Å². The van der Waals surface area contributed by atoms with Crippen molar-refractivity contribution in [2.24, 2.45) is 7.05 Å². The standard InChI is InChI=1S/C13H16N4O/c1-9(10-5-3-4-6-11(10)14)15-13(18)12-7-8-17(2)16-12/h3-9H,14H2,1-2H3,(H,15,18). The lowest BCUT2D eigenvalue weighted by Gasteiger charge is -2.15. The lowest BCUT2D eigenvalue weighted by molar-refractivity contribution is 0.0934. The first-order valence-electron chi connectivity index (χ1n) is 5.73. The molecule has 1 aromatic carbocycles. The average Bonchev–Trinajstić information content (AvgIpc) is 2.76. The van der Waals surface area contributed by atoms with Gasteiger partial charge in [0.2, 0.25) is 0 Å². The summed E-state index contributed by atoms with van der Waals surface area (Å²) in [5.41, 5.74) is 7.85. The van der Waals surface area contributed by atoms with E-state index in [2.05, 4.69) is 10.4 Å². The molecule has 0 aliphatic heterocycles. The first-order chi connectivity index (χ1) is 8.58. The molecule has 18 heavy (non-hydrogen) atoms. The van der Waals surface area contributed by atoms with Crippen LogP contribution in [0.15, 0.2) is 36.5 Å². The van der Waals surface area contributed by atoms with Crippen LogP contribution in [0, 0.1) is 0 Å². The highest BCUT2D eigenvalue weighted by atomic mass is 16.2. The van der Waals surface area contributed by atoms with Gasteiger partial charge in [0.1, 0.15) is 5.69 Å². The number of nitrogens with zero attached hydrogens (tertiary/aromatic N) is 2. The number of nitrogen functional groups attached to an aromatic ring is 1. The molecule has 0 bridgehead atoms. The number of aryl methyl sites for hydroxylation is 1. The summed E-state index contributed by atoms with van der Waals surface area (Å²) in [5.74, 6) is -0.202. The van der Waals surface area contributed by atoms with E-state index in [4.69, 9.17) is 5.73 Å². The Morgan fingerprint density at radius 2 is 2.11 bits per heavy atom. The van der Waals surface area contributed by atoms with Crippen molar-refractivity contribution >= 4 is 11.6 Å². The summed E-state index contributed by atoms with van der Waals surface area (Å²) in [6.45, 7) is 1.90. The smallest absolute Gasteiger partial charge is 0.272 e. The number of hydrogen-bond donors (Lipinski definition) is 2. The van der Waals surface area contributed by atoms with Crippen LogP contribution in [0.1, 0.15) is 29.0 Å². The van der Waals surface area contributed by atoms with Gasteiger partial charge in [-0.2, -0.15) is 5.10 Å². The van der Waals surface area contributed by atoms with Gasteiger partial charge >= 0.3 is 0 Å². The average molecular weight is 244 g/mol. The van der Waals surface area contributed by atoms with Crippen molar-refractivity contribution in [2.45, 2.75) is 13.0 Å². The molecule has 3 N–H and O–H groups in total. The fraction of sp³-hybridized carbons (Fsp3) is 0.231. The molecule has 2 aromatic rings. The summed E-state index contributed by atoms with van der Waals surface area (Å²) < 4.78 is 1.59. The summed E-state index contributed by atoms with van der Waals surface area (Å²) in [6, 6.07) is 9.01. The Labute approximate surface area is 106 Å². The zero-order chi connectivity index (χ0) is 13.1. The number of carbonyl (C=O) groups is 1. The molecule has 0 saturated carbocycles. The molecule has 1 amide bonds. The number of para-hydroxylation sites is 1. The quantitative estimate of drug-likeness (QED) is 0.803. The van der Waals surface area contributed by atoms with Gasteiger partial charge in [-0.05, 0) is 24.6 Å². The maximum Gasteiger partial charge on any atom is 0.272 e. The summed E-state index contributed by atoms with van der Waals surface area (Å²) in [5, 5.41) is 6.92. The lowest BCUT2D eigenvalue weighted by Crippen LogP contribution is -2.27. The topological polar surface area (TPSA) is 72.9 Å². The second kappa shape index (κ2) is 4.91. The van der Waals surface area contributed by atoms with E-state index < -0.39 is 0 Å². The van der Waals surface area contributed by atoms with Crippen LogP contribution in [0.3, 0.4) is 0 Å². The molecule has 1 heterocycles. The van der Waals surface area contributed by atoms with Crippen molar-refractivity contribution in [1.82, 2.24) is 15.1 Å². The third kappa shape index (κ3) is 2.51. The summed E-state index contributed by atoms with van der Waals surface area (Å²) in [7, 11) is 1.77. The normalized spacial score (nSPS) is 12.1. The second-order valence-electron chi connectivity index (χ2n) is 4.20. The van der Waals surface area contributed by atoms with Crippen molar-refractivity contribution in [1.29, 1.82) is 0 Å². The van der Waals surface area contributed by atoms with Gasteiger partial charge < -0.3 is 11.1 Å². The molecule has 0 radical (unpaired) electrons. The van der Waals surface area contributed by atoms with Crippen molar-refractivity contribution in [3.05, 3.63) is 47.8 Å². The van der Waals surface area contributed by atoms with Gasteiger partial charge in [-0.25, -0.2) is 0 Å². The summed E-state index contributed by atoms with van der Waals surface area (Å²) in [4.78, 5) is 11.9. The van der Waals surface area contributed by atoms with E-state index in [0.29, 0.717) is 11.4 Å². The number of nitrogens with two attached hydrogens (primary N) is 1. The van der Waals surface area contributed by atoms with Crippen molar-refractivity contribution < 1.29 is 4.79 Å². The second-order valence-corrected chi connectivity index (χ2v) is 4.20. The highest BCUT2D eigenvalue weighted by Crippen LogP contribution is 2.19. The van der Waals surface area contributed by atoms with E-state index in [9.17, 15) is 4.79 Å². The molecule has 0 aliphatic carbocycles. The number of nitrogens with one attached hydrogen (secondary N) is 1. The Kier molecular flexibility index (Phi) is 3.32. The van der Waals surface area contributed by atoms with Crippen molar-refractivity contribution in [2.75, 3.05) is 5.73 Å². The Morgan fingerprint density at radius 1 is 1.39 bits per heavy atom. The van der Waals surface area contributed by atoms with Crippen LogP contribution < -0.4 is 11.1 Å². The molecule has 1 aromatic heterocycles. The van der Waals surface area contributed by atoms with Crippen molar-refractivity contribution in [3.63, 3.8) is 0 Å². The molecule has 0 saturated heterocycles. The van der Waals surface area contributed by atoms with Crippen LogP contribution in [-0.2, 0) is 7.05 Å². The number of anilines is 1. The van der Waals surface area contributed by atoms with E-state index in [1.54, 1.807) is 24.0 Å². The Hall–Kier alpha value is -2.30. The van der Waals surface area contributed by atoms with E-state index in [1.807, 2.05) is 31.2 Å². The maximum atomic E-state index is 11.9. The molecule has 94 valence electrons. The number of benzene rings is 1. The molecular weight excluding hydrogens is 228 g/mol. The first-order valence-corrected chi connectivity index (χ1v) is 5.73. The predicted octanol–water partition coefficient (Wildman–Crippen LogP) is 1.49. The van der Waals surface area contributed by atoms with E-state index >= 15 is 0 Å². The van der Waals surface area contributed by atoms with Gasteiger partial charge in [0.05, 0.1) is 6.04 Å². The Balaban J connectivity index is 2.10. The molecule has 2 rings (SSSR count). The van der Waals surface area contributed by atoms with Crippen LogP contribution in [0.5, 0.6) is 0 Å². The number of aromatic nitrogens is 2. The monoisotopic (exact) mass is 244 g/mol. The van der Waals surface area contributed by atoms with Gasteiger partial charge in [0.25, 0.3) is 5.91 Å². The Bertz CT molecular complexity index is 562. The third-order valence-electron chi connectivity index (χ3n) is 2.76. The number of hydrogen-bond acceptors (Lipinski definition) is 3. The highest BCUT2D eigenvalue weighted by molar-refractivity contribution is 5.92. The SMILES string of the molecule is CC(NC(=O)c1ccn(C)n1)c1ccccc1N. The summed E-state index contributed by atoms with van der Waals surface area (Å²) in [6.07, 6.45) is 1.73. The third-order valence-corrected chi connectivity index (χ3v) is 2.76. The van der Waals surface area contributed by atoms with Gasteiger partial charge in [0.15, 0.2) is 0 Å². The molecule has 0 aliphatic rings. The molecule has 0 spiro atoms. The molecule has 0 fully saturated rings. The molecule has 5 nitrogen and oxygen atoms in total. The lowest BCUT2D eigenvalue weighted by atomic mass is 10.1. The fourth-order valence-corrected chi connectivity index (χ4v) is 1.79.